The van der Waals surface area contributed by atoms with Gasteiger partial charge in [-0.2, -0.15) is 0 Å². The van der Waals surface area contributed by atoms with E-state index >= 15 is 0 Å². The lowest BCUT2D eigenvalue weighted by molar-refractivity contribution is -0.116. The van der Waals surface area contributed by atoms with E-state index in [1.54, 1.807) is 43.4 Å². The topological polar surface area (TPSA) is 57.7 Å². The highest BCUT2D eigenvalue weighted by Crippen LogP contribution is 2.21. The van der Waals surface area contributed by atoms with Crippen molar-refractivity contribution in [2.45, 2.75) is 0 Å². The summed E-state index contributed by atoms with van der Waals surface area (Å²) in [5, 5.41) is 0.495. The van der Waals surface area contributed by atoms with Crippen molar-refractivity contribution in [1.82, 2.24) is 0 Å². The molecule has 23 heavy (non-hydrogen) atoms. The zero-order valence-corrected chi connectivity index (χ0v) is 14.4. The number of hydrogen-bond donors (Lipinski definition) is 0. The van der Waals surface area contributed by atoms with Crippen molar-refractivity contribution in [3.05, 3.63) is 59.6 Å². The van der Waals surface area contributed by atoms with Crippen LogP contribution < -0.4 is 9.21 Å². The summed E-state index contributed by atoms with van der Waals surface area (Å²) in [6.45, 7) is -0.286. The minimum Gasteiger partial charge on any atom is -0.314 e. The minimum absolute atomic E-state index is 0.286. The fourth-order valence-electron chi connectivity index (χ4n) is 2.03. The van der Waals surface area contributed by atoms with E-state index in [0.717, 1.165) is 10.6 Å². The first-order valence-electron chi connectivity index (χ1n) is 6.84. The van der Waals surface area contributed by atoms with E-state index in [4.69, 9.17) is 11.6 Å². The molecular formula is C16H17ClN2O3S. The number of nitrogens with zero attached hydrogens (tertiary/aromatic N) is 2. The lowest BCUT2D eigenvalue weighted by Crippen LogP contribution is -2.41. The second-order valence-electron chi connectivity index (χ2n) is 5.03. The molecule has 2 aromatic carbocycles. The van der Waals surface area contributed by atoms with E-state index in [-0.39, 0.29) is 12.5 Å². The largest absolute Gasteiger partial charge is 0.314 e. The Morgan fingerprint density at radius 3 is 2.09 bits per heavy atom. The van der Waals surface area contributed by atoms with Gasteiger partial charge in [0.1, 0.15) is 6.54 Å². The lowest BCUT2D eigenvalue weighted by Gasteiger charge is -2.25. The number of anilines is 2. The van der Waals surface area contributed by atoms with Crippen LogP contribution in [0, 0.1) is 0 Å². The van der Waals surface area contributed by atoms with Gasteiger partial charge in [-0.15, -0.1) is 0 Å². The number of rotatable bonds is 5. The molecule has 0 bridgehead atoms. The van der Waals surface area contributed by atoms with Gasteiger partial charge in [0, 0.05) is 17.8 Å². The van der Waals surface area contributed by atoms with Gasteiger partial charge in [0.15, 0.2) is 0 Å². The number of likely N-dealkylation sites (N-methyl/N-ethyl adjacent to an activating group) is 1. The van der Waals surface area contributed by atoms with Crippen molar-refractivity contribution in [2.24, 2.45) is 0 Å². The Bertz CT molecular complexity index is 777. The molecule has 122 valence electrons. The summed E-state index contributed by atoms with van der Waals surface area (Å²) >= 11 is 5.82. The van der Waals surface area contributed by atoms with Crippen LogP contribution >= 0.6 is 11.6 Å². The fraction of sp³-hybridized carbons (Fsp3) is 0.188. The molecule has 2 aromatic rings. The first kappa shape index (κ1) is 17.3. The van der Waals surface area contributed by atoms with Gasteiger partial charge in [-0.1, -0.05) is 29.8 Å². The van der Waals surface area contributed by atoms with E-state index in [2.05, 4.69) is 0 Å². The molecule has 0 radical (unpaired) electrons. The number of hydrogen-bond acceptors (Lipinski definition) is 3. The first-order valence-corrected chi connectivity index (χ1v) is 9.06. The van der Waals surface area contributed by atoms with E-state index < -0.39 is 10.0 Å². The Hall–Kier alpha value is -2.05. The molecule has 0 heterocycles. The third kappa shape index (κ3) is 4.46. The lowest BCUT2D eigenvalue weighted by atomic mass is 10.3. The van der Waals surface area contributed by atoms with Crippen LogP contribution in [0.3, 0.4) is 0 Å². The second-order valence-corrected chi connectivity index (χ2v) is 7.38. The maximum Gasteiger partial charge on any atom is 0.247 e. The van der Waals surface area contributed by atoms with Crippen molar-refractivity contribution in [3.63, 3.8) is 0 Å². The molecule has 7 heteroatoms. The van der Waals surface area contributed by atoms with Gasteiger partial charge in [-0.3, -0.25) is 9.10 Å². The third-order valence-corrected chi connectivity index (χ3v) is 4.70. The molecule has 0 unspecified atom stereocenters. The zero-order valence-electron chi connectivity index (χ0n) is 12.8. The van der Waals surface area contributed by atoms with Crippen molar-refractivity contribution in [3.8, 4) is 0 Å². The van der Waals surface area contributed by atoms with E-state index in [1.165, 1.54) is 4.90 Å². The molecule has 0 spiro atoms. The predicted octanol–water partition coefficient (Wildman–Crippen LogP) is 2.77. The summed E-state index contributed by atoms with van der Waals surface area (Å²) < 4.78 is 25.1. The van der Waals surface area contributed by atoms with Crippen LogP contribution in [0.5, 0.6) is 0 Å². The number of benzene rings is 2. The average Bonchev–Trinajstić information content (AvgIpc) is 2.52. The highest BCUT2D eigenvalue weighted by Gasteiger charge is 2.23. The monoisotopic (exact) mass is 352 g/mol. The minimum atomic E-state index is -3.60. The third-order valence-electron chi connectivity index (χ3n) is 3.31. The maximum atomic E-state index is 12.4. The number of carbonyl (C=O) groups is 1. The summed E-state index contributed by atoms with van der Waals surface area (Å²) in [7, 11) is -1.99. The van der Waals surface area contributed by atoms with Gasteiger partial charge in [0.05, 0.1) is 11.9 Å². The van der Waals surface area contributed by atoms with Crippen LogP contribution in [0.25, 0.3) is 0 Å². The summed E-state index contributed by atoms with van der Waals surface area (Å²) in [5.74, 6) is -0.337. The maximum absolute atomic E-state index is 12.4. The number of amides is 1. The molecule has 0 fully saturated rings. The summed E-state index contributed by atoms with van der Waals surface area (Å²) in [5.41, 5.74) is 1.09. The molecule has 0 aliphatic carbocycles. The summed E-state index contributed by atoms with van der Waals surface area (Å²) in [4.78, 5) is 13.9. The highest BCUT2D eigenvalue weighted by atomic mass is 35.5. The highest BCUT2D eigenvalue weighted by molar-refractivity contribution is 7.92. The van der Waals surface area contributed by atoms with Gasteiger partial charge in [0.2, 0.25) is 15.9 Å². The second kappa shape index (κ2) is 7.02. The van der Waals surface area contributed by atoms with Gasteiger partial charge >= 0.3 is 0 Å². The molecule has 0 N–H and O–H groups in total. The van der Waals surface area contributed by atoms with Crippen LogP contribution in [0.15, 0.2) is 54.6 Å². The number of sulfonamides is 1. The Morgan fingerprint density at radius 2 is 1.57 bits per heavy atom. The van der Waals surface area contributed by atoms with Crippen molar-refractivity contribution in [2.75, 3.05) is 29.1 Å². The zero-order chi connectivity index (χ0) is 17.0. The van der Waals surface area contributed by atoms with Crippen LogP contribution in [0.1, 0.15) is 0 Å². The van der Waals surface area contributed by atoms with Gasteiger partial charge in [-0.25, -0.2) is 8.42 Å². The Labute approximate surface area is 141 Å². The van der Waals surface area contributed by atoms with E-state index in [1.807, 2.05) is 18.2 Å². The number of carbonyl (C=O) groups excluding carboxylic acids is 1. The van der Waals surface area contributed by atoms with Gasteiger partial charge in [-0.05, 0) is 36.4 Å². The molecule has 0 aliphatic heterocycles. The average molecular weight is 353 g/mol. The van der Waals surface area contributed by atoms with Gasteiger partial charge in [0.25, 0.3) is 0 Å². The van der Waals surface area contributed by atoms with Crippen LogP contribution in [0.2, 0.25) is 5.02 Å². The summed E-state index contributed by atoms with van der Waals surface area (Å²) in [6, 6.07) is 15.3. The standard InChI is InChI=1S/C16H17ClN2O3S/c1-18(14-6-4-3-5-7-14)16(20)12-19(23(2,21)22)15-10-8-13(17)9-11-15/h3-11H,12H2,1-2H3. The van der Waals surface area contributed by atoms with E-state index in [9.17, 15) is 13.2 Å². The quantitative estimate of drug-likeness (QED) is 0.831. The Kier molecular flexibility index (Phi) is 5.28. The molecular weight excluding hydrogens is 336 g/mol. The van der Waals surface area contributed by atoms with E-state index in [0.29, 0.717) is 16.4 Å². The molecule has 0 atom stereocenters. The molecule has 1 amide bonds. The number of para-hydroxylation sites is 1. The van der Waals surface area contributed by atoms with Crippen molar-refractivity contribution < 1.29 is 13.2 Å². The molecule has 0 aromatic heterocycles. The van der Waals surface area contributed by atoms with Crippen LogP contribution in [-0.2, 0) is 14.8 Å². The first-order chi connectivity index (χ1) is 10.8. The number of halogens is 1. The normalized spacial score (nSPS) is 11.1. The molecule has 5 nitrogen and oxygen atoms in total. The molecule has 0 saturated carbocycles. The van der Waals surface area contributed by atoms with Crippen molar-refractivity contribution in [1.29, 1.82) is 0 Å². The SMILES string of the molecule is CN(C(=O)CN(c1ccc(Cl)cc1)S(C)(=O)=O)c1ccccc1. The molecule has 0 aliphatic rings. The van der Waals surface area contributed by atoms with Gasteiger partial charge < -0.3 is 4.90 Å². The predicted molar refractivity (Wildman–Crippen MR) is 93.5 cm³/mol. The summed E-state index contributed by atoms with van der Waals surface area (Å²) in [6.07, 6.45) is 1.07. The van der Waals surface area contributed by atoms with Crippen LogP contribution in [0.4, 0.5) is 11.4 Å². The molecule has 2 rings (SSSR count). The molecule has 0 saturated heterocycles. The Balaban J connectivity index is 2.25. The van der Waals surface area contributed by atoms with Crippen molar-refractivity contribution >= 4 is 38.9 Å². The smallest absolute Gasteiger partial charge is 0.247 e. The Morgan fingerprint density at radius 1 is 1.00 bits per heavy atom. The van der Waals surface area contributed by atoms with Crippen LogP contribution in [-0.4, -0.2) is 34.2 Å². The fourth-order valence-corrected chi connectivity index (χ4v) is 3.01.